The number of halogens is 1. The average molecular weight is 388 g/mol. The van der Waals surface area contributed by atoms with Crippen LogP contribution >= 0.6 is 27.3 Å². The van der Waals surface area contributed by atoms with E-state index in [2.05, 4.69) is 20.9 Å². The Labute approximate surface area is 146 Å². The molecule has 0 aromatic carbocycles. The Bertz CT molecular complexity index is 874. The summed E-state index contributed by atoms with van der Waals surface area (Å²) in [5.41, 5.74) is 1.29. The van der Waals surface area contributed by atoms with Crippen molar-refractivity contribution in [1.29, 1.82) is 0 Å². The highest BCUT2D eigenvalue weighted by atomic mass is 79.9. The zero-order chi connectivity index (χ0) is 16.2. The largest absolute Gasteiger partial charge is 0.455 e. The van der Waals surface area contributed by atoms with Crippen LogP contribution in [0.4, 0.5) is 0 Å². The lowest BCUT2D eigenvalue weighted by molar-refractivity contribution is -0.104. The second-order valence-corrected chi connectivity index (χ2v) is 6.88. The average Bonchev–Trinajstić information content (AvgIpc) is 2.96. The minimum atomic E-state index is 0.524. The zero-order valence-electron chi connectivity index (χ0n) is 12.5. The first-order valence-corrected chi connectivity index (χ1v) is 8.78. The molecule has 116 valence electrons. The van der Waals surface area contributed by atoms with Crippen LogP contribution < -0.4 is 0 Å². The SMILES string of the molecule is C/C=C(\OC1=CC=C(Br)CC=C1C=O)c1cc2sccc2cn1. The maximum Gasteiger partial charge on any atom is 0.153 e. The summed E-state index contributed by atoms with van der Waals surface area (Å²) in [5.74, 6) is 1.15. The predicted octanol–water partition coefficient (Wildman–Crippen LogP) is 5.37. The van der Waals surface area contributed by atoms with Gasteiger partial charge in [-0.25, -0.2) is 0 Å². The van der Waals surface area contributed by atoms with Crippen molar-refractivity contribution in [2.45, 2.75) is 13.3 Å². The number of carbonyl (C=O) groups excluding carboxylic acids is 1. The summed E-state index contributed by atoms with van der Waals surface area (Å²) >= 11 is 5.11. The highest BCUT2D eigenvalue weighted by molar-refractivity contribution is 9.11. The Hall–Kier alpha value is -1.98. The van der Waals surface area contributed by atoms with E-state index in [1.165, 1.54) is 0 Å². The van der Waals surface area contributed by atoms with Crippen LogP contribution in [0.3, 0.4) is 0 Å². The van der Waals surface area contributed by atoms with Crippen LogP contribution in [-0.2, 0) is 9.53 Å². The van der Waals surface area contributed by atoms with E-state index >= 15 is 0 Å². The number of thiophene rings is 1. The van der Waals surface area contributed by atoms with Crippen LogP contribution in [0.2, 0.25) is 0 Å². The summed E-state index contributed by atoms with van der Waals surface area (Å²) in [7, 11) is 0. The number of rotatable bonds is 4. The van der Waals surface area contributed by atoms with E-state index in [1.54, 1.807) is 17.4 Å². The first-order chi connectivity index (χ1) is 11.2. The molecule has 3 nitrogen and oxygen atoms in total. The van der Waals surface area contributed by atoms with E-state index < -0.39 is 0 Å². The van der Waals surface area contributed by atoms with Gasteiger partial charge in [-0.1, -0.05) is 22.0 Å². The summed E-state index contributed by atoms with van der Waals surface area (Å²) < 4.78 is 8.13. The molecule has 0 radical (unpaired) electrons. The minimum absolute atomic E-state index is 0.524. The second-order valence-electron chi connectivity index (χ2n) is 4.91. The summed E-state index contributed by atoms with van der Waals surface area (Å²) in [4.78, 5) is 15.8. The van der Waals surface area contributed by atoms with Gasteiger partial charge >= 0.3 is 0 Å². The van der Waals surface area contributed by atoms with Gasteiger partial charge in [0.15, 0.2) is 6.29 Å². The molecule has 0 bridgehead atoms. The zero-order valence-corrected chi connectivity index (χ0v) is 14.9. The molecule has 0 unspecified atom stereocenters. The van der Waals surface area contributed by atoms with Crippen molar-refractivity contribution in [1.82, 2.24) is 4.98 Å². The number of allylic oxidation sites excluding steroid dienone is 6. The van der Waals surface area contributed by atoms with Crippen molar-refractivity contribution in [3.8, 4) is 0 Å². The molecular weight excluding hydrogens is 374 g/mol. The Morgan fingerprint density at radius 1 is 1.43 bits per heavy atom. The van der Waals surface area contributed by atoms with Crippen molar-refractivity contribution in [3.63, 3.8) is 0 Å². The number of hydrogen-bond acceptors (Lipinski definition) is 4. The molecular formula is C18H14BrNO2S. The molecule has 2 aromatic heterocycles. The molecule has 0 aliphatic heterocycles. The third-order valence-electron chi connectivity index (χ3n) is 3.42. The van der Waals surface area contributed by atoms with Gasteiger partial charge in [-0.15, -0.1) is 11.3 Å². The number of carbonyl (C=O) groups is 1. The van der Waals surface area contributed by atoms with Gasteiger partial charge in [0.1, 0.15) is 17.2 Å². The Balaban J connectivity index is 1.93. The molecule has 1 aliphatic rings. The number of ether oxygens (including phenoxy) is 1. The third kappa shape index (κ3) is 3.51. The molecule has 23 heavy (non-hydrogen) atoms. The van der Waals surface area contributed by atoms with E-state index in [0.717, 1.165) is 26.5 Å². The fourth-order valence-electron chi connectivity index (χ4n) is 2.21. The summed E-state index contributed by atoms with van der Waals surface area (Å²) in [6.07, 6.45) is 10.7. The number of aldehydes is 1. The molecule has 2 heterocycles. The number of aromatic nitrogens is 1. The minimum Gasteiger partial charge on any atom is -0.455 e. The molecule has 5 heteroatoms. The predicted molar refractivity (Wildman–Crippen MR) is 98.2 cm³/mol. The topological polar surface area (TPSA) is 39.2 Å². The smallest absolute Gasteiger partial charge is 0.153 e. The number of hydrogen-bond donors (Lipinski definition) is 0. The maximum absolute atomic E-state index is 11.3. The molecule has 0 saturated heterocycles. The molecule has 0 N–H and O–H groups in total. The van der Waals surface area contributed by atoms with Gasteiger partial charge in [0.2, 0.25) is 0 Å². The van der Waals surface area contributed by atoms with Crippen LogP contribution in [0.5, 0.6) is 0 Å². The van der Waals surface area contributed by atoms with E-state index in [4.69, 9.17) is 4.74 Å². The molecule has 0 fully saturated rings. The number of nitrogens with zero attached hydrogens (tertiary/aromatic N) is 1. The van der Waals surface area contributed by atoms with E-state index in [0.29, 0.717) is 23.5 Å². The van der Waals surface area contributed by atoms with Crippen LogP contribution in [0, 0.1) is 0 Å². The van der Waals surface area contributed by atoms with E-state index in [9.17, 15) is 4.79 Å². The Morgan fingerprint density at radius 3 is 3.09 bits per heavy atom. The highest BCUT2D eigenvalue weighted by Gasteiger charge is 2.13. The standard InChI is InChI=1S/C18H14BrNO2S/c1-2-16(15-9-18-12(10-20-15)7-8-23-18)22-17-6-5-14(19)4-3-13(17)11-21/h2-3,5-11H,4H2,1H3/b16-2-. The molecule has 3 rings (SSSR count). The van der Waals surface area contributed by atoms with Crippen molar-refractivity contribution in [3.05, 3.63) is 69.5 Å². The van der Waals surface area contributed by atoms with Gasteiger partial charge in [0, 0.05) is 16.3 Å². The van der Waals surface area contributed by atoms with Crippen LogP contribution in [0.1, 0.15) is 19.0 Å². The summed E-state index contributed by atoms with van der Waals surface area (Å²) in [6.45, 7) is 1.89. The van der Waals surface area contributed by atoms with Gasteiger partial charge < -0.3 is 4.74 Å². The monoisotopic (exact) mass is 387 g/mol. The van der Waals surface area contributed by atoms with Gasteiger partial charge in [-0.2, -0.15) is 0 Å². The normalized spacial score (nSPS) is 15.6. The molecule has 2 aromatic rings. The van der Waals surface area contributed by atoms with Gasteiger partial charge in [-0.05, 0) is 53.6 Å². The van der Waals surface area contributed by atoms with E-state index in [1.807, 2.05) is 48.9 Å². The molecule has 0 amide bonds. The molecule has 0 spiro atoms. The molecule has 0 saturated carbocycles. The fourth-order valence-corrected chi connectivity index (χ4v) is 3.30. The first kappa shape index (κ1) is 15.9. The van der Waals surface area contributed by atoms with Gasteiger partial charge in [-0.3, -0.25) is 9.78 Å². The van der Waals surface area contributed by atoms with Crippen molar-refractivity contribution < 1.29 is 9.53 Å². The Morgan fingerprint density at radius 2 is 2.30 bits per heavy atom. The number of pyridine rings is 1. The van der Waals surface area contributed by atoms with Gasteiger partial charge in [0.05, 0.1) is 5.57 Å². The van der Waals surface area contributed by atoms with Crippen LogP contribution in [0.15, 0.2) is 63.8 Å². The molecule has 1 aliphatic carbocycles. The van der Waals surface area contributed by atoms with Crippen molar-refractivity contribution >= 4 is 49.4 Å². The van der Waals surface area contributed by atoms with Crippen LogP contribution in [-0.4, -0.2) is 11.3 Å². The lowest BCUT2D eigenvalue weighted by atomic mass is 10.2. The lowest BCUT2D eigenvalue weighted by Gasteiger charge is -2.12. The number of fused-ring (bicyclic) bond motifs is 1. The third-order valence-corrected chi connectivity index (χ3v) is 4.88. The lowest BCUT2D eigenvalue weighted by Crippen LogP contribution is -1.99. The quantitative estimate of drug-likeness (QED) is 0.523. The van der Waals surface area contributed by atoms with Crippen molar-refractivity contribution in [2.24, 2.45) is 0 Å². The van der Waals surface area contributed by atoms with E-state index in [-0.39, 0.29) is 0 Å². The summed E-state index contributed by atoms with van der Waals surface area (Å²) in [5, 5.41) is 3.15. The molecule has 0 atom stereocenters. The van der Waals surface area contributed by atoms with Gasteiger partial charge in [0.25, 0.3) is 0 Å². The van der Waals surface area contributed by atoms with Crippen molar-refractivity contribution in [2.75, 3.05) is 0 Å². The van der Waals surface area contributed by atoms with Crippen LogP contribution in [0.25, 0.3) is 15.8 Å². The Kier molecular flexibility index (Phi) is 4.88. The summed E-state index contributed by atoms with van der Waals surface area (Å²) in [6, 6.07) is 4.04. The maximum atomic E-state index is 11.3. The first-order valence-electron chi connectivity index (χ1n) is 7.11. The highest BCUT2D eigenvalue weighted by Crippen LogP contribution is 2.28. The second kappa shape index (κ2) is 7.06. The fraction of sp³-hybridized carbons (Fsp3) is 0.111.